The highest BCUT2D eigenvalue weighted by Crippen LogP contribution is 2.40. The van der Waals surface area contributed by atoms with Crippen molar-refractivity contribution in [3.05, 3.63) is 35.4 Å². The minimum atomic E-state index is -3.37. The topological polar surface area (TPSA) is 55.7 Å². The average molecular weight is 293 g/mol. The largest absolute Gasteiger partial charge is 0.289 e. The molecule has 1 heterocycles. The van der Waals surface area contributed by atoms with E-state index in [2.05, 4.69) is 17.1 Å². The summed E-state index contributed by atoms with van der Waals surface area (Å²) in [5.41, 5.74) is 2.42. The van der Waals surface area contributed by atoms with E-state index in [9.17, 15) is 8.42 Å². The van der Waals surface area contributed by atoms with Crippen LogP contribution in [-0.2, 0) is 14.3 Å². The van der Waals surface area contributed by atoms with Gasteiger partial charge in [0.05, 0.1) is 17.9 Å². The van der Waals surface area contributed by atoms with Crippen LogP contribution in [-0.4, -0.2) is 32.5 Å². The van der Waals surface area contributed by atoms with Crippen molar-refractivity contribution in [3.63, 3.8) is 0 Å². The van der Waals surface area contributed by atoms with Gasteiger partial charge in [-0.1, -0.05) is 24.3 Å². The molecule has 4 nitrogen and oxygen atoms in total. The minimum Gasteiger partial charge on any atom is -0.289 e. The molecule has 108 valence electrons. The van der Waals surface area contributed by atoms with Crippen molar-refractivity contribution in [2.24, 2.45) is 4.99 Å². The van der Waals surface area contributed by atoms with Gasteiger partial charge in [-0.2, -0.15) is 8.42 Å². The fraction of sp³-hybridized carbons (Fsp3) is 0.533. The Morgan fingerprint density at radius 1 is 1.30 bits per heavy atom. The fourth-order valence-electron chi connectivity index (χ4n) is 3.13. The van der Waals surface area contributed by atoms with Gasteiger partial charge in [0.2, 0.25) is 0 Å². The highest BCUT2D eigenvalue weighted by atomic mass is 32.2. The Balaban J connectivity index is 1.81. The summed E-state index contributed by atoms with van der Waals surface area (Å²) in [4.78, 5) is 4.61. The SMILES string of the molecule is CCS(=O)(=O)OC1CCC2N=Cc3ccccc3C2C1. The monoisotopic (exact) mass is 293 g/mol. The van der Waals surface area contributed by atoms with Crippen LogP contribution in [0.25, 0.3) is 0 Å². The minimum absolute atomic E-state index is 0.0341. The van der Waals surface area contributed by atoms with Gasteiger partial charge >= 0.3 is 0 Å². The number of aliphatic imine (C=N–C) groups is 1. The Morgan fingerprint density at radius 2 is 2.10 bits per heavy atom. The van der Waals surface area contributed by atoms with E-state index in [1.807, 2.05) is 18.3 Å². The Labute approximate surface area is 120 Å². The van der Waals surface area contributed by atoms with Gasteiger partial charge in [0, 0.05) is 12.1 Å². The van der Waals surface area contributed by atoms with E-state index in [-0.39, 0.29) is 23.8 Å². The van der Waals surface area contributed by atoms with E-state index in [4.69, 9.17) is 4.18 Å². The second-order valence-corrected chi connectivity index (χ2v) is 7.34. The van der Waals surface area contributed by atoms with Crippen molar-refractivity contribution in [1.82, 2.24) is 0 Å². The fourth-order valence-corrected chi connectivity index (χ4v) is 3.86. The molecule has 3 unspecified atom stereocenters. The quantitative estimate of drug-likeness (QED) is 0.805. The van der Waals surface area contributed by atoms with Crippen molar-refractivity contribution < 1.29 is 12.6 Å². The molecule has 0 N–H and O–H groups in total. The lowest BCUT2D eigenvalue weighted by molar-refractivity contribution is 0.141. The Bertz CT molecular complexity index is 624. The summed E-state index contributed by atoms with van der Waals surface area (Å²) in [5.74, 6) is 0.314. The van der Waals surface area contributed by atoms with Crippen molar-refractivity contribution in [2.75, 3.05) is 5.75 Å². The van der Waals surface area contributed by atoms with Crippen LogP contribution in [0.3, 0.4) is 0 Å². The van der Waals surface area contributed by atoms with Crippen LogP contribution >= 0.6 is 0 Å². The molecule has 1 aromatic rings. The van der Waals surface area contributed by atoms with Gasteiger partial charge in [0.1, 0.15) is 0 Å². The Morgan fingerprint density at radius 3 is 2.90 bits per heavy atom. The third-order valence-corrected chi connectivity index (χ3v) is 5.48. The highest BCUT2D eigenvalue weighted by molar-refractivity contribution is 7.86. The van der Waals surface area contributed by atoms with Crippen LogP contribution in [0.15, 0.2) is 29.3 Å². The Hall–Kier alpha value is -1.20. The van der Waals surface area contributed by atoms with Crippen LogP contribution in [0, 0.1) is 0 Å². The van der Waals surface area contributed by atoms with Crippen molar-refractivity contribution >= 4 is 16.3 Å². The lowest BCUT2D eigenvalue weighted by Gasteiger charge is -2.36. The van der Waals surface area contributed by atoms with E-state index in [1.165, 1.54) is 5.56 Å². The van der Waals surface area contributed by atoms with Gasteiger partial charge in [0.15, 0.2) is 0 Å². The zero-order chi connectivity index (χ0) is 14.2. The third-order valence-electron chi connectivity index (χ3n) is 4.20. The molecule has 0 spiro atoms. The molecule has 0 saturated heterocycles. The number of fused-ring (bicyclic) bond motifs is 3. The van der Waals surface area contributed by atoms with Crippen molar-refractivity contribution in [2.45, 2.75) is 44.2 Å². The third kappa shape index (κ3) is 2.65. The summed E-state index contributed by atoms with van der Waals surface area (Å²) in [6.07, 6.45) is 4.13. The van der Waals surface area contributed by atoms with Gasteiger partial charge in [-0.15, -0.1) is 0 Å². The zero-order valence-electron chi connectivity index (χ0n) is 11.5. The molecule has 3 rings (SSSR count). The predicted octanol–water partition coefficient (Wildman–Crippen LogP) is 2.49. The second kappa shape index (κ2) is 5.30. The van der Waals surface area contributed by atoms with E-state index in [1.54, 1.807) is 6.92 Å². The van der Waals surface area contributed by atoms with Crippen molar-refractivity contribution in [3.8, 4) is 0 Å². The molecule has 5 heteroatoms. The number of benzene rings is 1. The molecule has 1 aromatic carbocycles. The van der Waals surface area contributed by atoms with Gasteiger partial charge in [-0.05, 0) is 37.3 Å². The predicted molar refractivity (Wildman–Crippen MR) is 78.7 cm³/mol. The summed E-state index contributed by atoms with van der Waals surface area (Å²) in [7, 11) is -3.37. The Kier molecular flexibility index (Phi) is 3.65. The number of hydrogen-bond acceptors (Lipinski definition) is 4. The maximum absolute atomic E-state index is 11.6. The van der Waals surface area contributed by atoms with Gasteiger partial charge in [0.25, 0.3) is 10.1 Å². The highest BCUT2D eigenvalue weighted by Gasteiger charge is 2.36. The molecule has 20 heavy (non-hydrogen) atoms. The first-order chi connectivity index (χ1) is 9.59. The summed E-state index contributed by atoms with van der Waals surface area (Å²) in [6.45, 7) is 1.61. The number of nitrogens with zero attached hydrogens (tertiary/aromatic N) is 1. The maximum atomic E-state index is 11.6. The first-order valence-electron chi connectivity index (χ1n) is 7.12. The molecule has 1 fully saturated rings. The van der Waals surface area contributed by atoms with Crippen LogP contribution in [0.2, 0.25) is 0 Å². The normalized spacial score (nSPS) is 28.8. The number of hydrogen-bond donors (Lipinski definition) is 0. The van der Waals surface area contributed by atoms with E-state index in [0.717, 1.165) is 24.8 Å². The van der Waals surface area contributed by atoms with Gasteiger partial charge in [-0.25, -0.2) is 0 Å². The molecular weight excluding hydrogens is 274 g/mol. The van der Waals surface area contributed by atoms with Crippen LogP contribution in [0.5, 0.6) is 0 Å². The van der Waals surface area contributed by atoms with Crippen molar-refractivity contribution in [1.29, 1.82) is 0 Å². The summed E-state index contributed by atoms with van der Waals surface area (Å²) in [6, 6.07) is 8.48. The summed E-state index contributed by atoms with van der Waals surface area (Å²) in [5, 5.41) is 0. The molecule has 1 saturated carbocycles. The van der Waals surface area contributed by atoms with E-state index < -0.39 is 10.1 Å². The average Bonchev–Trinajstić information content (AvgIpc) is 2.47. The summed E-state index contributed by atoms with van der Waals surface area (Å²) >= 11 is 0. The second-order valence-electron chi connectivity index (χ2n) is 5.46. The molecular formula is C15H19NO3S. The van der Waals surface area contributed by atoms with E-state index in [0.29, 0.717) is 0 Å². The molecule has 3 atom stereocenters. The van der Waals surface area contributed by atoms with Crippen LogP contribution in [0.1, 0.15) is 43.2 Å². The van der Waals surface area contributed by atoms with Gasteiger partial charge < -0.3 is 0 Å². The lowest BCUT2D eigenvalue weighted by Crippen LogP contribution is -2.34. The zero-order valence-corrected chi connectivity index (χ0v) is 12.3. The molecule has 0 aromatic heterocycles. The molecule has 2 aliphatic rings. The van der Waals surface area contributed by atoms with Crippen LogP contribution in [0.4, 0.5) is 0 Å². The molecule has 1 aliphatic heterocycles. The molecule has 0 radical (unpaired) electrons. The first-order valence-corrected chi connectivity index (χ1v) is 8.70. The smallest absolute Gasteiger partial charge is 0.267 e. The molecule has 0 amide bonds. The summed E-state index contributed by atoms with van der Waals surface area (Å²) < 4.78 is 28.6. The van der Waals surface area contributed by atoms with E-state index >= 15 is 0 Å². The van der Waals surface area contributed by atoms with Crippen LogP contribution < -0.4 is 0 Å². The van der Waals surface area contributed by atoms with Gasteiger partial charge in [-0.3, -0.25) is 9.18 Å². The number of rotatable bonds is 3. The molecule has 0 bridgehead atoms. The molecule has 1 aliphatic carbocycles. The lowest BCUT2D eigenvalue weighted by atomic mass is 9.76. The maximum Gasteiger partial charge on any atom is 0.267 e. The first kappa shape index (κ1) is 13.8. The standard InChI is InChI=1S/C15H19NO3S/c1-2-20(17,18)19-12-7-8-15-14(9-12)13-6-4-3-5-11(13)10-16-15/h3-6,10,12,14-15H,2,7-9H2,1H3.